The summed E-state index contributed by atoms with van der Waals surface area (Å²) in [5.41, 5.74) is 3.33. The number of rotatable bonds is 4. The number of amides is 1. The van der Waals surface area contributed by atoms with Gasteiger partial charge in [-0.3, -0.25) is 9.69 Å². The molecule has 5 heteroatoms. The zero-order chi connectivity index (χ0) is 19.5. The topological polar surface area (TPSA) is 26.8 Å². The van der Waals surface area contributed by atoms with E-state index < -0.39 is 0 Å². The van der Waals surface area contributed by atoms with Gasteiger partial charge in [-0.1, -0.05) is 36.4 Å². The number of carbonyl (C=O) groups excluding carboxylic acids is 1. The quantitative estimate of drug-likeness (QED) is 0.811. The molecule has 0 radical (unpaired) electrons. The second-order valence-electron chi connectivity index (χ2n) is 7.83. The molecule has 1 aliphatic heterocycles. The number of halogens is 1. The molecule has 0 bridgehead atoms. The van der Waals surface area contributed by atoms with Crippen LogP contribution in [0.15, 0.2) is 48.5 Å². The van der Waals surface area contributed by atoms with E-state index in [0.717, 1.165) is 45.4 Å². The van der Waals surface area contributed by atoms with E-state index in [-0.39, 0.29) is 17.8 Å². The van der Waals surface area contributed by atoms with E-state index in [1.54, 1.807) is 6.07 Å². The summed E-state index contributed by atoms with van der Waals surface area (Å²) in [5.74, 6) is -0.0104. The minimum Gasteiger partial charge on any atom is -0.367 e. The highest BCUT2D eigenvalue weighted by Crippen LogP contribution is 2.33. The maximum atomic E-state index is 14.0. The Morgan fingerprint density at radius 3 is 2.57 bits per heavy atom. The summed E-state index contributed by atoms with van der Waals surface area (Å²) in [7, 11) is 1.94. The predicted molar refractivity (Wildman–Crippen MR) is 110 cm³/mol. The molecule has 1 aliphatic carbocycles. The molecule has 1 saturated heterocycles. The molecule has 1 atom stereocenters. The first kappa shape index (κ1) is 18.9. The summed E-state index contributed by atoms with van der Waals surface area (Å²) in [6.07, 6.45) is 3.26. The van der Waals surface area contributed by atoms with Gasteiger partial charge in [0.15, 0.2) is 0 Å². The van der Waals surface area contributed by atoms with Crippen LogP contribution < -0.4 is 4.90 Å². The van der Waals surface area contributed by atoms with E-state index in [9.17, 15) is 9.18 Å². The number of para-hydroxylation sites is 1. The fourth-order valence-corrected chi connectivity index (χ4v) is 4.46. The normalized spacial score (nSPS) is 19.9. The largest absolute Gasteiger partial charge is 0.367 e. The second kappa shape index (κ2) is 8.31. The number of carbonyl (C=O) groups is 1. The molecule has 2 aromatic rings. The average molecular weight is 381 g/mol. The third-order valence-corrected chi connectivity index (χ3v) is 6.12. The van der Waals surface area contributed by atoms with Crippen LogP contribution in [0.3, 0.4) is 0 Å². The van der Waals surface area contributed by atoms with Gasteiger partial charge in [0.05, 0.1) is 18.3 Å². The zero-order valence-corrected chi connectivity index (χ0v) is 16.5. The molecule has 1 fully saturated rings. The molecule has 28 heavy (non-hydrogen) atoms. The van der Waals surface area contributed by atoms with Gasteiger partial charge < -0.3 is 9.80 Å². The van der Waals surface area contributed by atoms with E-state index in [4.69, 9.17) is 0 Å². The zero-order valence-electron chi connectivity index (χ0n) is 16.5. The van der Waals surface area contributed by atoms with Crippen molar-refractivity contribution in [2.24, 2.45) is 0 Å². The number of piperazine rings is 1. The lowest BCUT2D eigenvalue weighted by atomic mass is 9.87. The number of nitrogens with zero attached hydrogens (tertiary/aromatic N) is 3. The van der Waals surface area contributed by atoms with Gasteiger partial charge >= 0.3 is 0 Å². The van der Waals surface area contributed by atoms with E-state index >= 15 is 0 Å². The van der Waals surface area contributed by atoms with Crippen LogP contribution in [0.5, 0.6) is 0 Å². The highest BCUT2D eigenvalue weighted by Gasteiger charge is 2.28. The van der Waals surface area contributed by atoms with Gasteiger partial charge in [0.25, 0.3) is 0 Å². The molecule has 0 N–H and O–H groups in total. The van der Waals surface area contributed by atoms with Crippen molar-refractivity contribution in [1.29, 1.82) is 0 Å². The smallest absolute Gasteiger partial charge is 0.237 e. The van der Waals surface area contributed by atoms with Crippen LogP contribution in [0.2, 0.25) is 0 Å². The Balaban J connectivity index is 1.34. The van der Waals surface area contributed by atoms with Crippen molar-refractivity contribution in [3.63, 3.8) is 0 Å². The number of benzene rings is 2. The highest BCUT2D eigenvalue weighted by molar-refractivity contribution is 5.78. The van der Waals surface area contributed by atoms with Crippen molar-refractivity contribution in [3.05, 3.63) is 65.5 Å². The Bertz CT molecular complexity index is 832. The molecule has 4 rings (SSSR count). The van der Waals surface area contributed by atoms with Crippen molar-refractivity contribution in [3.8, 4) is 0 Å². The fourth-order valence-electron chi connectivity index (χ4n) is 4.46. The van der Waals surface area contributed by atoms with Gasteiger partial charge in [-0.15, -0.1) is 0 Å². The summed E-state index contributed by atoms with van der Waals surface area (Å²) in [4.78, 5) is 19.1. The molecule has 0 saturated carbocycles. The van der Waals surface area contributed by atoms with E-state index in [1.165, 1.54) is 17.2 Å². The lowest BCUT2D eigenvalue weighted by Gasteiger charge is -2.38. The molecule has 148 valence electrons. The molecular formula is C23H28FN3O. The summed E-state index contributed by atoms with van der Waals surface area (Å²) >= 11 is 0. The van der Waals surface area contributed by atoms with E-state index in [0.29, 0.717) is 12.2 Å². The third-order valence-electron chi connectivity index (χ3n) is 6.12. The Morgan fingerprint density at radius 1 is 1.07 bits per heavy atom. The van der Waals surface area contributed by atoms with Gasteiger partial charge in [0.1, 0.15) is 5.82 Å². The minimum absolute atomic E-state index is 0.168. The first-order valence-corrected chi connectivity index (χ1v) is 10.2. The standard InChI is InChI=1S/C23H28FN3O/c1-25(21-12-6-8-18-7-2-3-9-19(18)21)23(28)17-26-13-15-27(16-14-26)22-11-5-4-10-20(22)24/h2-5,7,9-11,21H,6,8,12-17H2,1H3/t21-/m0/s1. The number of aryl methyl sites for hydroxylation is 1. The van der Waals surface area contributed by atoms with Crippen molar-refractivity contribution in [2.45, 2.75) is 25.3 Å². The van der Waals surface area contributed by atoms with Crippen molar-refractivity contribution < 1.29 is 9.18 Å². The molecule has 2 aromatic carbocycles. The monoisotopic (exact) mass is 381 g/mol. The first-order valence-electron chi connectivity index (χ1n) is 10.2. The Hall–Kier alpha value is -2.40. The van der Waals surface area contributed by atoms with Crippen molar-refractivity contribution in [1.82, 2.24) is 9.80 Å². The summed E-state index contributed by atoms with van der Waals surface area (Å²) < 4.78 is 14.0. The number of likely N-dealkylation sites (N-methyl/N-ethyl adjacent to an activating group) is 1. The van der Waals surface area contributed by atoms with Gasteiger partial charge in [0.2, 0.25) is 5.91 Å². The summed E-state index contributed by atoms with van der Waals surface area (Å²) in [5, 5.41) is 0. The average Bonchev–Trinajstić information content (AvgIpc) is 2.74. The first-order chi connectivity index (χ1) is 13.6. The van der Waals surface area contributed by atoms with Crippen LogP contribution in [0.4, 0.5) is 10.1 Å². The van der Waals surface area contributed by atoms with Crippen LogP contribution in [-0.4, -0.2) is 55.5 Å². The lowest BCUT2D eigenvalue weighted by Crippen LogP contribution is -2.50. The van der Waals surface area contributed by atoms with Crippen LogP contribution in [-0.2, 0) is 11.2 Å². The third kappa shape index (κ3) is 3.90. The molecule has 0 unspecified atom stereocenters. The molecule has 2 aliphatic rings. The van der Waals surface area contributed by atoms with Gasteiger partial charge in [-0.05, 0) is 42.5 Å². The van der Waals surface area contributed by atoms with Crippen LogP contribution in [0, 0.1) is 5.82 Å². The Labute approximate surface area is 166 Å². The Kier molecular flexibility index (Phi) is 5.62. The molecular weight excluding hydrogens is 353 g/mol. The van der Waals surface area contributed by atoms with Gasteiger partial charge in [-0.2, -0.15) is 0 Å². The van der Waals surface area contributed by atoms with E-state index in [1.807, 2.05) is 24.1 Å². The fraction of sp³-hybridized carbons (Fsp3) is 0.435. The number of hydrogen-bond acceptors (Lipinski definition) is 3. The number of hydrogen-bond donors (Lipinski definition) is 0. The predicted octanol–water partition coefficient (Wildman–Crippen LogP) is 3.48. The van der Waals surface area contributed by atoms with Crippen molar-refractivity contribution in [2.75, 3.05) is 44.7 Å². The second-order valence-corrected chi connectivity index (χ2v) is 7.83. The molecule has 0 spiro atoms. The van der Waals surface area contributed by atoms with E-state index in [2.05, 4.69) is 34.1 Å². The summed E-state index contributed by atoms with van der Waals surface area (Å²) in [6.45, 7) is 3.46. The van der Waals surface area contributed by atoms with Gasteiger partial charge in [-0.25, -0.2) is 4.39 Å². The van der Waals surface area contributed by atoms with Crippen LogP contribution >= 0.6 is 0 Å². The van der Waals surface area contributed by atoms with Crippen LogP contribution in [0.25, 0.3) is 0 Å². The molecule has 4 nitrogen and oxygen atoms in total. The SMILES string of the molecule is CN(C(=O)CN1CCN(c2ccccc2F)CC1)[C@H]1CCCc2ccccc21. The van der Waals surface area contributed by atoms with Gasteiger partial charge in [0, 0.05) is 33.2 Å². The number of anilines is 1. The molecule has 1 heterocycles. The highest BCUT2D eigenvalue weighted by atomic mass is 19.1. The molecule has 1 amide bonds. The lowest BCUT2D eigenvalue weighted by molar-refractivity contribution is -0.133. The van der Waals surface area contributed by atoms with Crippen molar-refractivity contribution >= 4 is 11.6 Å². The molecule has 0 aromatic heterocycles. The number of fused-ring (bicyclic) bond motifs is 1. The Morgan fingerprint density at radius 2 is 1.79 bits per heavy atom. The maximum absolute atomic E-state index is 14.0. The minimum atomic E-state index is -0.178. The maximum Gasteiger partial charge on any atom is 0.237 e. The van der Waals surface area contributed by atoms with Crippen LogP contribution in [0.1, 0.15) is 30.0 Å². The summed E-state index contributed by atoms with van der Waals surface area (Å²) in [6, 6.07) is 15.6.